The third-order valence-corrected chi connectivity index (χ3v) is 3.61. The first-order valence-corrected chi connectivity index (χ1v) is 7.30. The summed E-state index contributed by atoms with van der Waals surface area (Å²) in [7, 11) is 0. The fraction of sp³-hybridized carbons (Fsp3) is 0.158. The number of aromatic amines is 1. The van der Waals surface area contributed by atoms with Gasteiger partial charge >= 0.3 is 0 Å². The van der Waals surface area contributed by atoms with E-state index in [2.05, 4.69) is 65.7 Å². The van der Waals surface area contributed by atoms with Gasteiger partial charge in [0.05, 0.1) is 5.52 Å². The van der Waals surface area contributed by atoms with E-state index in [9.17, 15) is 0 Å². The molecule has 20 heavy (non-hydrogen) atoms. The van der Waals surface area contributed by atoms with E-state index in [1.807, 2.05) is 13.8 Å². The number of allylic oxidation sites excluding steroid dienone is 2. The van der Waals surface area contributed by atoms with Crippen molar-refractivity contribution in [3.8, 4) is 0 Å². The van der Waals surface area contributed by atoms with Gasteiger partial charge in [-0.3, -0.25) is 0 Å². The van der Waals surface area contributed by atoms with E-state index in [4.69, 9.17) is 0 Å². The van der Waals surface area contributed by atoms with Crippen LogP contribution in [0.1, 0.15) is 31.5 Å². The Kier molecular flexibility index (Phi) is 3.42. The predicted molar refractivity (Wildman–Crippen MR) is 89.8 cm³/mol. The summed E-state index contributed by atoms with van der Waals surface area (Å²) >= 11 is 0. The molecule has 1 aromatic heterocycles. The quantitative estimate of drug-likeness (QED) is 0.528. The number of H-pyrrole nitrogens is 1. The molecule has 0 radical (unpaired) electrons. The van der Waals surface area contributed by atoms with E-state index in [1.54, 1.807) is 0 Å². The average molecular weight is 261 g/mol. The highest BCUT2D eigenvalue weighted by Crippen LogP contribution is 2.31. The molecule has 1 heteroatoms. The fourth-order valence-electron chi connectivity index (χ4n) is 2.74. The van der Waals surface area contributed by atoms with Gasteiger partial charge in [0.15, 0.2) is 0 Å². The van der Waals surface area contributed by atoms with E-state index in [0.29, 0.717) is 0 Å². The maximum Gasteiger partial charge on any atom is 0.0544 e. The topological polar surface area (TPSA) is 15.8 Å². The van der Waals surface area contributed by atoms with Gasteiger partial charge in [-0.05, 0) is 17.9 Å². The van der Waals surface area contributed by atoms with Gasteiger partial charge in [0.2, 0.25) is 0 Å². The van der Waals surface area contributed by atoms with E-state index >= 15 is 0 Å². The van der Waals surface area contributed by atoms with Gasteiger partial charge in [-0.1, -0.05) is 68.5 Å². The Morgan fingerprint density at radius 2 is 1.65 bits per heavy atom. The zero-order valence-corrected chi connectivity index (χ0v) is 12.0. The number of hydrogen-bond donors (Lipinski definition) is 1. The summed E-state index contributed by atoms with van der Waals surface area (Å²) in [6.07, 6.45) is 9.83. The molecule has 100 valence electrons. The zero-order chi connectivity index (χ0) is 13.9. The van der Waals surface area contributed by atoms with E-state index in [1.165, 1.54) is 32.9 Å². The lowest BCUT2D eigenvalue weighted by Crippen LogP contribution is -1.75. The number of rotatable bonds is 0. The Morgan fingerprint density at radius 3 is 2.55 bits per heavy atom. The number of fused-ring (bicyclic) bond motifs is 5. The monoisotopic (exact) mass is 261 g/mol. The summed E-state index contributed by atoms with van der Waals surface area (Å²) < 4.78 is 0. The molecule has 0 aliphatic heterocycles. The van der Waals surface area contributed by atoms with E-state index in [0.717, 1.165) is 6.42 Å². The van der Waals surface area contributed by atoms with Crippen molar-refractivity contribution in [3.05, 3.63) is 59.8 Å². The second kappa shape index (κ2) is 5.38. The molecule has 1 nitrogen and oxygen atoms in total. The summed E-state index contributed by atoms with van der Waals surface area (Å²) in [5.41, 5.74) is 3.77. The van der Waals surface area contributed by atoms with Crippen LogP contribution in [-0.2, 0) is 0 Å². The van der Waals surface area contributed by atoms with Crippen molar-refractivity contribution < 1.29 is 0 Å². The molecule has 0 saturated carbocycles. The first-order valence-electron chi connectivity index (χ1n) is 7.30. The third-order valence-electron chi connectivity index (χ3n) is 3.61. The molecule has 0 fully saturated rings. The molecule has 1 N–H and O–H groups in total. The molecule has 0 saturated heterocycles. The van der Waals surface area contributed by atoms with Gasteiger partial charge in [-0.2, -0.15) is 0 Å². The van der Waals surface area contributed by atoms with Crippen LogP contribution in [0.2, 0.25) is 0 Å². The van der Waals surface area contributed by atoms with Crippen LogP contribution < -0.4 is 0 Å². The van der Waals surface area contributed by atoms with Crippen LogP contribution in [-0.4, -0.2) is 4.98 Å². The normalized spacial score (nSPS) is 12.9. The van der Waals surface area contributed by atoms with Crippen molar-refractivity contribution in [1.82, 2.24) is 4.98 Å². The van der Waals surface area contributed by atoms with Crippen molar-refractivity contribution in [3.63, 3.8) is 0 Å². The molecule has 0 unspecified atom stereocenters. The van der Waals surface area contributed by atoms with Gasteiger partial charge in [-0.25, -0.2) is 0 Å². The largest absolute Gasteiger partial charge is 0.354 e. The summed E-state index contributed by atoms with van der Waals surface area (Å²) in [6.45, 7) is 4.00. The minimum absolute atomic E-state index is 1.01. The zero-order valence-electron chi connectivity index (χ0n) is 12.0. The molecule has 0 bridgehead atoms. The molecule has 1 heterocycles. The van der Waals surface area contributed by atoms with E-state index in [-0.39, 0.29) is 0 Å². The number of benzene rings is 2. The molecule has 0 spiro atoms. The first-order chi connectivity index (χ1) is 9.93. The van der Waals surface area contributed by atoms with Crippen molar-refractivity contribution in [2.75, 3.05) is 0 Å². The molecule has 0 atom stereocenters. The van der Waals surface area contributed by atoms with Gasteiger partial charge in [0.1, 0.15) is 0 Å². The molecule has 4 rings (SSSR count). The van der Waals surface area contributed by atoms with Crippen LogP contribution in [0.4, 0.5) is 0 Å². The molecular formula is C19H19N. The van der Waals surface area contributed by atoms with Crippen LogP contribution in [0.15, 0.2) is 48.6 Å². The smallest absolute Gasteiger partial charge is 0.0544 e. The average Bonchev–Trinajstić information content (AvgIpc) is 2.71. The molecule has 2 aromatic carbocycles. The number of hydrogen-bond acceptors (Lipinski definition) is 0. The fourth-order valence-corrected chi connectivity index (χ4v) is 2.74. The number of aromatic nitrogens is 1. The van der Waals surface area contributed by atoms with Crippen LogP contribution >= 0.6 is 0 Å². The van der Waals surface area contributed by atoms with Gasteiger partial charge < -0.3 is 4.98 Å². The van der Waals surface area contributed by atoms with Gasteiger partial charge in [-0.15, -0.1) is 0 Å². The van der Waals surface area contributed by atoms with Crippen LogP contribution in [0.25, 0.3) is 33.8 Å². The lowest BCUT2D eigenvalue weighted by Gasteiger charge is -1.99. The van der Waals surface area contributed by atoms with Crippen LogP contribution in [0.3, 0.4) is 0 Å². The number of nitrogens with one attached hydrogen (secondary N) is 1. The maximum atomic E-state index is 3.56. The Labute approximate surface area is 119 Å². The van der Waals surface area contributed by atoms with Crippen molar-refractivity contribution >= 4 is 33.8 Å². The predicted octanol–water partition coefficient (Wildman–Crippen LogP) is 5.78. The summed E-state index contributed by atoms with van der Waals surface area (Å²) in [6, 6.07) is 12.9. The minimum atomic E-state index is 1.01. The molecule has 0 amide bonds. The summed E-state index contributed by atoms with van der Waals surface area (Å²) in [4.78, 5) is 3.56. The second-order valence-corrected chi connectivity index (χ2v) is 4.70. The van der Waals surface area contributed by atoms with Crippen molar-refractivity contribution in [2.45, 2.75) is 20.3 Å². The standard InChI is InChI=1S/C17H13N.C2H6/c1-2-8-14-15-11-10-12-6-4-5-7-13(12)17(15)18-16(14)9-3-1;1-2/h2-11,18H,1H2;1-2H3. The SMILES string of the molecule is C1=Cc2[nH]c3c(ccc4ccccc43)c2C=CC1.CC. The highest BCUT2D eigenvalue weighted by Gasteiger charge is 2.10. The molecule has 1 aliphatic rings. The van der Waals surface area contributed by atoms with Crippen LogP contribution in [0, 0.1) is 0 Å². The van der Waals surface area contributed by atoms with Gasteiger partial charge in [0.25, 0.3) is 0 Å². The van der Waals surface area contributed by atoms with Crippen molar-refractivity contribution in [1.29, 1.82) is 0 Å². The summed E-state index contributed by atoms with van der Waals surface area (Å²) in [5, 5.41) is 3.89. The lowest BCUT2D eigenvalue weighted by atomic mass is 10.0. The Hall–Kier alpha value is -2.28. The van der Waals surface area contributed by atoms with E-state index < -0.39 is 0 Å². The maximum absolute atomic E-state index is 3.56. The Bertz CT molecular complexity index is 803. The van der Waals surface area contributed by atoms with Crippen LogP contribution in [0.5, 0.6) is 0 Å². The molecule has 1 aliphatic carbocycles. The molecular weight excluding hydrogens is 242 g/mol. The minimum Gasteiger partial charge on any atom is -0.354 e. The highest BCUT2D eigenvalue weighted by atomic mass is 14.7. The summed E-state index contributed by atoms with van der Waals surface area (Å²) in [5.74, 6) is 0. The lowest BCUT2D eigenvalue weighted by molar-refractivity contribution is 1.41. The Balaban J connectivity index is 0.000000581. The third kappa shape index (κ3) is 1.96. The van der Waals surface area contributed by atoms with Gasteiger partial charge in [0, 0.05) is 22.0 Å². The Morgan fingerprint density at radius 1 is 0.850 bits per heavy atom. The highest BCUT2D eigenvalue weighted by molar-refractivity contribution is 6.09. The molecule has 3 aromatic rings. The first kappa shape index (κ1) is 12.7. The van der Waals surface area contributed by atoms with Crippen molar-refractivity contribution in [2.24, 2.45) is 0 Å². The second-order valence-electron chi connectivity index (χ2n) is 4.70.